The molecule has 0 saturated heterocycles. The van der Waals surface area contributed by atoms with E-state index >= 15 is 0 Å². The van der Waals surface area contributed by atoms with Gasteiger partial charge in [-0.1, -0.05) is 20.8 Å². The molecular weight excluding hydrogens is 408 g/mol. The molecule has 8 nitrogen and oxygen atoms in total. The Hall–Kier alpha value is -3.30. The summed E-state index contributed by atoms with van der Waals surface area (Å²) in [5.41, 5.74) is -1.50. The standard InChI is InChI=1S/C21H23F2N5O3/c1-21(2,3)10-27-14-9-13(12-5-4-8-24-16(12)17(22)23)26-28(14)20(31)15(19(27)30)18(29)25-11-6-7-11/h4-5,8-9,11,17,31H,6-7,10H2,1-3H3,(H,25,29). The van der Waals surface area contributed by atoms with Gasteiger partial charge in [0, 0.05) is 30.4 Å². The molecule has 0 bridgehead atoms. The molecule has 0 aromatic carbocycles. The minimum absolute atomic E-state index is 0.0183. The molecule has 31 heavy (non-hydrogen) atoms. The summed E-state index contributed by atoms with van der Waals surface area (Å²) in [6.45, 7) is 5.97. The fourth-order valence-corrected chi connectivity index (χ4v) is 3.41. The summed E-state index contributed by atoms with van der Waals surface area (Å²) in [5, 5.41) is 17.7. The van der Waals surface area contributed by atoms with E-state index in [2.05, 4.69) is 15.4 Å². The SMILES string of the molecule is CC(C)(C)Cn1c(=O)c(C(=O)NC2CC2)c(O)n2nc(-c3cccnc3C(F)F)cc12. The van der Waals surface area contributed by atoms with Crippen molar-refractivity contribution in [3.8, 4) is 17.1 Å². The van der Waals surface area contributed by atoms with Gasteiger partial charge in [0.15, 0.2) is 5.56 Å². The number of nitrogens with one attached hydrogen (secondary N) is 1. The minimum Gasteiger partial charge on any atom is -0.492 e. The highest BCUT2D eigenvalue weighted by molar-refractivity contribution is 5.96. The Kier molecular flexibility index (Phi) is 5.03. The van der Waals surface area contributed by atoms with Crippen LogP contribution in [0.1, 0.15) is 56.1 Å². The fraction of sp³-hybridized carbons (Fsp3) is 0.429. The molecule has 1 saturated carbocycles. The molecular formula is C21H23F2N5O3. The van der Waals surface area contributed by atoms with Crippen LogP contribution in [0.2, 0.25) is 0 Å². The van der Waals surface area contributed by atoms with Crippen LogP contribution in [-0.4, -0.2) is 36.2 Å². The van der Waals surface area contributed by atoms with Crippen LogP contribution in [0.5, 0.6) is 5.88 Å². The number of carbonyl (C=O) groups is 1. The van der Waals surface area contributed by atoms with Crippen molar-refractivity contribution in [1.29, 1.82) is 0 Å². The first kappa shape index (κ1) is 21.0. The maximum Gasteiger partial charge on any atom is 0.281 e. The number of carbonyl (C=O) groups excluding carboxylic acids is 1. The van der Waals surface area contributed by atoms with E-state index < -0.39 is 35.0 Å². The summed E-state index contributed by atoms with van der Waals surface area (Å²) in [6.07, 6.45) is 0.0580. The average molecular weight is 431 g/mol. The van der Waals surface area contributed by atoms with Crippen LogP contribution >= 0.6 is 0 Å². The molecule has 0 spiro atoms. The highest BCUT2D eigenvalue weighted by atomic mass is 19.3. The lowest BCUT2D eigenvalue weighted by Gasteiger charge is -2.21. The van der Waals surface area contributed by atoms with Gasteiger partial charge in [0.25, 0.3) is 17.9 Å². The molecule has 4 rings (SSSR count). The van der Waals surface area contributed by atoms with E-state index in [-0.39, 0.29) is 34.9 Å². The molecule has 1 amide bonds. The van der Waals surface area contributed by atoms with Gasteiger partial charge in [-0.3, -0.25) is 19.1 Å². The van der Waals surface area contributed by atoms with E-state index in [9.17, 15) is 23.5 Å². The maximum absolute atomic E-state index is 13.5. The molecule has 0 unspecified atom stereocenters. The lowest BCUT2D eigenvalue weighted by Crippen LogP contribution is -2.37. The third kappa shape index (κ3) is 4.01. The highest BCUT2D eigenvalue weighted by Gasteiger charge is 2.30. The molecule has 0 aliphatic heterocycles. The van der Waals surface area contributed by atoms with Gasteiger partial charge in [0.1, 0.15) is 11.3 Å². The highest BCUT2D eigenvalue weighted by Crippen LogP contribution is 2.31. The van der Waals surface area contributed by atoms with Crippen LogP contribution in [0.4, 0.5) is 8.78 Å². The summed E-state index contributed by atoms with van der Waals surface area (Å²) >= 11 is 0. The Morgan fingerprint density at radius 2 is 2.06 bits per heavy atom. The third-order valence-electron chi connectivity index (χ3n) is 4.94. The summed E-state index contributed by atoms with van der Waals surface area (Å²) in [4.78, 5) is 29.6. The van der Waals surface area contributed by atoms with Crippen molar-refractivity contribution >= 4 is 11.6 Å². The van der Waals surface area contributed by atoms with E-state index in [0.29, 0.717) is 0 Å². The minimum atomic E-state index is -2.83. The maximum atomic E-state index is 13.5. The van der Waals surface area contributed by atoms with Crippen molar-refractivity contribution in [2.75, 3.05) is 0 Å². The zero-order chi connectivity index (χ0) is 22.5. The number of alkyl halides is 2. The topological polar surface area (TPSA) is 102 Å². The number of fused-ring (bicyclic) bond motifs is 1. The molecule has 10 heteroatoms. The lowest BCUT2D eigenvalue weighted by molar-refractivity contribution is 0.0944. The third-order valence-corrected chi connectivity index (χ3v) is 4.94. The average Bonchev–Trinajstić information content (AvgIpc) is 3.38. The Morgan fingerprint density at radius 3 is 2.68 bits per heavy atom. The number of amides is 1. The number of hydrogen-bond acceptors (Lipinski definition) is 5. The number of aromatic hydroxyl groups is 1. The van der Waals surface area contributed by atoms with Crippen LogP contribution in [0.25, 0.3) is 16.9 Å². The van der Waals surface area contributed by atoms with Crippen LogP contribution in [0.15, 0.2) is 29.2 Å². The second-order valence-corrected chi connectivity index (χ2v) is 8.93. The summed E-state index contributed by atoms with van der Waals surface area (Å²) in [5.74, 6) is -1.31. The summed E-state index contributed by atoms with van der Waals surface area (Å²) < 4.78 is 29.3. The first-order valence-electron chi connectivity index (χ1n) is 9.96. The largest absolute Gasteiger partial charge is 0.492 e. The van der Waals surface area contributed by atoms with Crippen molar-refractivity contribution in [2.24, 2.45) is 5.41 Å². The van der Waals surface area contributed by atoms with Gasteiger partial charge in [-0.2, -0.15) is 9.61 Å². The van der Waals surface area contributed by atoms with Gasteiger partial charge in [-0.05, 0) is 30.4 Å². The van der Waals surface area contributed by atoms with Crippen LogP contribution < -0.4 is 10.9 Å². The van der Waals surface area contributed by atoms with Gasteiger partial charge >= 0.3 is 0 Å². The second-order valence-electron chi connectivity index (χ2n) is 8.93. The fourth-order valence-electron chi connectivity index (χ4n) is 3.41. The van der Waals surface area contributed by atoms with Gasteiger partial charge < -0.3 is 10.4 Å². The monoisotopic (exact) mass is 431 g/mol. The number of rotatable bonds is 5. The lowest BCUT2D eigenvalue weighted by atomic mass is 9.96. The number of halogens is 2. The van der Waals surface area contributed by atoms with Crippen LogP contribution in [0.3, 0.4) is 0 Å². The molecule has 2 N–H and O–H groups in total. The zero-order valence-electron chi connectivity index (χ0n) is 17.4. The van der Waals surface area contributed by atoms with E-state index in [4.69, 9.17) is 0 Å². The molecule has 3 heterocycles. The molecule has 1 aliphatic carbocycles. The first-order valence-corrected chi connectivity index (χ1v) is 9.96. The van der Waals surface area contributed by atoms with Crippen LogP contribution in [-0.2, 0) is 6.54 Å². The Balaban J connectivity index is 1.97. The molecule has 3 aromatic heterocycles. The molecule has 0 radical (unpaired) electrons. The van der Waals surface area contributed by atoms with Crippen LogP contribution in [0, 0.1) is 5.41 Å². The quantitative estimate of drug-likeness (QED) is 0.646. The van der Waals surface area contributed by atoms with Gasteiger partial charge in [-0.15, -0.1) is 0 Å². The summed E-state index contributed by atoms with van der Waals surface area (Å²) in [6, 6.07) is 4.37. The number of hydrogen-bond donors (Lipinski definition) is 2. The van der Waals surface area contributed by atoms with Gasteiger partial charge in [-0.25, -0.2) is 8.78 Å². The normalized spacial score (nSPS) is 14.4. The molecule has 1 fully saturated rings. The van der Waals surface area contributed by atoms with Gasteiger partial charge in [0.2, 0.25) is 5.88 Å². The van der Waals surface area contributed by atoms with E-state index in [1.165, 1.54) is 29.0 Å². The molecule has 0 atom stereocenters. The van der Waals surface area contributed by atoms with Crippen molar-refractivity contribution < 1.29 is 18.7 Å². The predicted octanol–water partition coefficient (Wildman–Crippen LogP) is 3.14. The number of pyridine rings is 1. The Bertz CT molecular complexity index is 1220. The van der Waals surface area contributed by atoms with E-state index in [0.717, 1.165) is 17.4 Å². The molecule has 3 aromatic rings. The second kappa shape index (κ2) is 7.44. The smallest absolute Gasteiger partial charge is 0.281 e. The van der Waals surface area contributed by atoms with E-state index in [1.54, 1.807) is 0 Å². The van der Waals surface area contributed by atoms with Crippen molar-refractivity contribution in [2.45, 2.75) is 52.6 Å². The summed E-state index contributed by atoms with van der Waals surface area (Å²) in [7, 11) is 0. The number of nitrogens with zero attached hydrogens (tertiary/aromatic N) is 4. The molecule has 1 aliphatic rings. The van der Waals surface area contributed by atoms with E-state index in [1.807, 2.05) is 20.8 Å². The van der Waals surface area contributed by atoms with Crippen molar-refractivity contribution in [1.82, 2.24) is 24.5 Å². The predicted molar refractivity (Wildman–Crippen MR) is 109 cm³/mol. The Labute approximate surface area is 176 Å². The van der Waals surface area contributed by atoms with Crippen molar-refractivity contribution in [3.05, 3.63) is 46.0 Å². The number of aromatic nitrogens is 4. The van der Waals surface area contributed by atoms with Gasteiger partial charge in [0.05, 0.1) is 5.69 Å². The van der Waals surface area contributed by atoms with Crippen molar-refractivity contribution in [3.63, 3.8) is 0 Å². The molecule has 164 valence electrons. The Morgan fingerprint density at radius 1 is 1.35 bits per heavy atom. The first-order chi connectivity index (χ1) is 14.6. The zero-order valence-corrected chi connectivity index (χ0v) is 17.4.